The normalized spacial score (nSPS) is 12.3. The Kier molecular flexibility index (Phi) is 8.42. The van der Waals surface area contributed by atoms with Gasteiger partial charge in [-0.25, -0.2) is 23.0 Å². The lowest BCUT2D eigenvalue weighted by Crippen LogP contribution is -2.36. The number of pyridine rings is 1. The molecule has 0 amide bonds. The van der Waals surface area contributed by atoms with E-state index in [9.17, 15) is 13.0 Å². The van der Waals surface area contributed by atoms with E-state index in [1.807, 2.05) is 78.9 Å². The predicted octanol–water partition coefficient (Wildman–Crippen LogP) is 9.16. The lowest BCUT2D eigenvalue weighted by atomic mass is 10.0. The monoisotopic (exact) mass is 723 g/mol. The topological polar surface area (TPSA) is 118 Å². The van der Waals surface area contributed by atoms with E-state index in [1.54, 1.807) is 17.0 Å². The van der Waals surface area contributed by atoms with Gasteiger partial charge in [0.2, 0.25) is 0 Å². The van der Waals surface area contributed by atoms with Gasteiger partial charge in [0.05, 0.1) is 28.5 Å². The van der Waals surface area contributed by atoms with Gasteiger partial charge in [-0.2, -0.15) is 0 Å². The first-order valence-corrected chi connectivity index (χ1v) is 19.2. The molecule has 9 heteroatoms. The molecule has 3 aromatic carbocycles. The number of rotatable bonds is 7. The number of fused-ring (bicyclic) bond motifs is 8. The SMILES string of the molecule is O=S(=O)([O-])CC[n+]1ccc(-c2c3nc(c(-c4ccccc4)c4ccc([nH]4)c(-c4ccccc4)c4ccc([nH]4)c(-c4ccccc4)c4nc2C=C4)C=C3)cc1. The van der Waals surface area contributed by atoms with Crippen LogP contribution in [-0.4, -0.2) is 38.7 Å². The quantitative estimate of drug-likeness (QED) is 0.126. The van der Waals surface area contributed by atoms with Crippen LogP contribution in [0.4, 0.5) is 0 Å². The van der Waals surface area contributed by atoms with Crippen LogP contribution in [0.1, 0.15) is 22.8 Å². The third-order valence-corrected chi connectivity index (χ3v) is 10.4. The van der Waals surface area contributed by atoms with Gasteiger partial charge in [-0.05, 0) is 70.8 Å². The summed E-state index contributed by atoms with van der Waals surface area (Å²) in [5, 5.41) is 0. The van der Waals surface area contributed by atoms with E-state index in [0.29, 0.717) is 0 Å². The Bertz CT molecular complexity index is 2740. The van der Waals surface area contributed by atoms with Gasteiger partial charge >= 0.3 is 0 Å². The molecule has 0 atom stereocenters. The molecule has 0 spiro atoms. The van der Waals surface area contributed by atoms with Crippen molar-refractivity contribution in [2.75, 3.05) is 5.75 Å². The molecule has 0 aliphatic carbocycles. The standard InChI is InChI=1S/C45H33N5O3S/c51-54(52,53)29-28-50-26-24-33(25-27-50)45-40-22-20-38(48-40)43(31-12-6-2-7-13-31)36-18-16-34(46-36)42(30-10-4-1-5-11-30)35-17-19-37(47-35)44(32-14-8-3-9-15-32)39-21-23-41(45)49-39/h1-27H,28-29H2,(H2,46,47,48,49,51,52,53). The van der Waals surface area contributed by atoms with Crippen LogP contribution in [0.2, 0.25) is 0 Å². The molecule has 8 bridgehead atoms. The van der Waals surface area contributed by atoms with Crippen molar-refractivity contribution in [2.45, 2.75) is 6.54 Å². The molecule has 0 saturated carbocycles. The Hall–Kier alpha value is -6.68. The molecule has 4 aromatic heterocycles. The zero-order chi connectivity index (χ0) is 36.6. The first-order chi connectivity index (χ1) is 26.4. The minimum Gasteiger partial charge on any atom is -0.748 e. The average molecular weight is 724 g/mol. The van der Waals surface area contributed by atoms with Crippen LogP contribution in [0.15, 0.2) is 140 Å². The van der Waals surface area contributed by atoms with Crippen LogP contribution < -0.4 is 4.57 Å². The van der Waals surface area contributed by atoms with E-state index >= 15 is 0 Å². The molecule has 0 fully saturated rings. The van der Waals surface area contributed by atoms with Crippen molar-refractivity contribution in [2.24, 2.45) is 0 Å². The summed E-state index contributed by atoms with van der Waals surface area (Å²) in [6.07, 6.45) is 11.7. The van der Waals surface area contributed by atoms with Gasteiger partial charge in [-0.3, -0.25) is 0 Å². The largest absolute Gasteiger partial charge is 0.748 e. The van der Waals surface area contributed by atoms with Crippen LogP contribution in [-0.2, 0) is 16.7 Å². The molecule has 0 unspecified atom stereocenters. The number of aromatic amines is 2. The van der Waals surface area contributed by atoms with E-state index in [1.165, 1.54) is 0 Å². The number of hydrogen-bond acceptors (Lipinski definition) is 5. The number of H-pyrrole nitrogens is 2. The Morgan fingerprint density at radius 2 is 0.815 bits per heavy atom. The van der Waals surface area contributed by atoms with Crippen molar-refractivity contribution in [3.63, 3.8) is 0 Å². The second-order valence-corrected chi connectivity index (χ2v) is 14.7. The summed E-state index contributed by atoms with van der Waals surface area (Å²) in [4.78, 5) is 18.2. The van der Waals surface area contributed by atoms with Gasteiger partial charge in [0.1, 0.15) is 10.1 Å². The van der Waals surface area contributed by atoms with Crippen LogP contribution in [0.3, 0.4) is 0 Å². The molecule has 2 aliphatic rings. The fourth-order valence-corrected chi connectivity index (χ4v) is 7.66. The summed E-state index contributed by atoms with van der Waals surface area (Å²) in [7, 11) is -4.35. The van der Waals surface area contributed by atoms with Crippen LogP contribution in [0.25, 0.3) is 90.9 Å². The highest BCUT2D eigenvalue weighted by Crippen LogP contribution is 2.38. The lowest BCUT2D eigenvalue weighted by Gasteiger charge is -2.07. The van der Waals surface area contributed by atoms with Crippen molar-refractivity contribution >= 4 is 56.5 Å². The van der Waals surface area contributed by atoms with Gasteiger partial charge in [0, 0.05) is 56.5 Å². The number of aromatic nitrogens is 5. The maximum Gasteiger partial charge on any atom is 0.169 e. The molecule has 6 heterocycles. The van der Waals surface area contributed by atoms with Gasteiger partial charge in [0.15, 0.2) is 18.9 Å². The fraction of sp³-hybridized carbons (Fsp3) is 0.0444. The molecule has 7 aromatic rings. The molecule has 8 nitrogen and oxygen atoms in total. The summed E-state index contributed by atoms with van der Waals surface area (Å²) >= 11 is 0. The summed E-state index contributed by atoms with van der Waals surface area (Å²) < 4.78 is 35.7. The number of benzene rings is 3. The van der Waals surface area contributed by atoms with Gasteiger partial charge < -0.3 is 14.5 Å². The van der Waals surface area contributed by atoms with Crippen molar-refractivity contribution in [3.8, 4) is 44.5 Å². The summed E-state index contributed by atoms with van der Waals surface area (Å²) in [6.45, 7) is 0.0590. The Morgan fingerprint density at radius 3 is 1.22 bits per heavy atom. The lowest BCUT2D eigenvalue weighted by molar-refractivity contribution is -0.692. The Labute approximate surface area is 312 Å². The number of hydrogen-bond donors (Lipinski definition) is 2. The van der Waals surface area contributed by atoms with E-state index in [-0.39, 0.29) is 6.54 Å². The number of nitrogens with zero attached hydrogens (tertiary/aromatic N) is 3. The molecule has 0 saturated heterocycles. The van der Waals surface area contributed by atoms with E-state index < -0.39 is 15.9 Å². The zero-order valence-electron chi connectivity index (χ0n) is 29.0. The second-order valence-electron chi connectivity index (χ2n) is 13.2. The summed E-state index contributed by atoms with van der Waals surface area (Å²) in [5.41, 5.74) is 14.6. The average Bonchev–Trinajstić information content (AvgIpc) is 4.03. The third-order valence-electron chi connectivity index (χ3n) is 9.72. The number of aryl methyl sites for hydroxylation is 1. The summed E-state index contributed by atoms with van der Waals surface area (Å²) in [5.74, 6) is -0.489. The van der Waals surface area contributed by atoms with Crippen LogP contribution in [0.5, 0.6) is 0 Å². The summed E-state index contributed by atoms with van der Waals surface area (Å²) in [6, 6.07) is 43.2. The zero-order valence-corrected chi connectivity index (χ0v) is 29.8. The molecular formula is C45H33N5O3S. The molecular weight excluding hydrogens is 691 g/mol. The molecule has 0 radical (unpaired) electrons. The first-order valence-electron chi connectivity index (χ1n) is 17.6. The van der Waals surface area contributed by atoms with E-state index in [4.69, 9.17) is 9.97 Å². The van der Waals surface area contributed by atoms with E-state index in [0.717, 1.165) is 89.4 Å². The van der Waals surface area contributed by atoms with Crippen molar-refractivity contribution in [1.82, 2.24) is 19.9 Å². The third kappa shape index (κ3) is 6.47. The highest BCUT2D eigenvalue weighted by Gasteiger charge is 2.20. The van der Waals surface area contributed by atoms with Gasteiger partial charge in [-0.15, -0.1) is 0 Å². The smallest absolute Gasteiger partial charge is 0.169 e. The van der Waals surface area contributed by atoms with Gasteiger partial charge in [0.25, 0.3) is 0 Å². The number of nitrogens with one attached hydrogen (secondary N) is 2. The van der Waals surface area contributed by atoms with E-state index in [2.05, 4.69) is 82.8 Å². The van der Waals surface area contributed by atoms with Crippen molar-refractivity contribution < 1.29 is 17.5 Å². The second kappa shape index (κ2) is 13.7. The predicted molar refractivity (Wildman–Crippen MR) is 215 cm³/mol. The van der Waals surface area contributed by atoms with Crippen LogP contribution in [0, 0.1) is 0 Å². The molecule has 9 rings (SSSR count). The highest BCUT2D eigenvalue weighted by atomic mass is 32.2. The first kappa shape index (κ1) is 33.2. The van der Waals surface area contributed by atoms with Gasteiger partial charge in [-0.1, -0.05) is 91.0 Å². The highest BCUT2D eigenvalue weighted by molar-refractivity contribution is 7.85. The Balaban J connectivity index is 1.40. The fourth-order valence-electron chi connectivity index (χ4n) is 7.23. The molecule has 2 aliphatic heterocycles. The molecule has 54 heavy (non-hydrogen) atoms. The van der Waals surface area contributed by atoms with Crippen molar-refractivity contribution in [3.05, 3.63) is 163 Å². The molecule has 2 N–H and O–H groups in total. The molecule has 262 valence electrons. The maximum atomic E-state index is 11.3. The van der Waals surface area contributed by atoms with Crippen LogP contribution >= 0.6 is 0 Å². The Morgan fingerprint density at radius 1 is 0.463 bits per heavy atom. The minimum atomic E-state index is -4.35. The minimum absolute atomic E-state index is 0.0590. The maximum absolute atomic E-state index is 11.3. The van der Waals surface area contributed by atoms with Crippen molar-refractivity contribution in [1.29, 1.82) is 0 Å².